The van der Waals surface area contributed by atoms with Crippen molar-refractivity contribution in [3.05, 3.63) is 29.8 Å². The maximum absolute atomic E-state index is 11.5. The second-order valence-electron chi connectivity index (χ2n) is 4.07. The summed E-state index contributed by atoms with van der Waals surface area (Å²) in [5.41, 5.74) is 7.26. The highest BCUT2D eigenvalue weighted by molar-refractivity contribution is 7.80. The van der Waals surface area contributed by atoms with Gasteiger partial charge in [0.05, 0.1) is 4.99 Å². The van der Waals surface area contributed by atoms with Crippen LogP contribution in [0, 0.1) is 0 Å². The van der Waals surface area contributed by atoms with Crippen molar-refractivity contribution in [3.63, 3.8) is 0 Å². The quantitative estimate of drug-likeness (QED) is 0.546. The van der Waals surface area contributed by atoms with E-state index in [4.69, 9.17) is 18.0 Å². The van der Waals surface area contributed by atoms with Gasteiger partial charge in [-0.3, -0.25) is 0 Å². The monoisotopic (exact) mass is 265 g/mol. The minimum Gasteiger partial charge on any atom is -0.393 e. The van der Waals surface area contributed by atoms with E-state index in [1.54, 1.807) is 0 Å². The molecule has 0 aromatic heterocycles. The van der Waals surface area contributed by atoms with Crippen molar-refractivity contribution in [1.29, 1.82) is 0 Å². The van der Waals surface area contributed by atoms with E-state index in [1.165, 1.54) is 0 Å². The van der Waals surface area contributed by atoms with Crippen LogP contribution in [0.3, 0.4) is 0 Å². The fourth-order valence-corrected chi connectivity index (χ4v) is 1.63. The zero-order valence-electron chi connectivity index (χ0n) is 10.5. The summed E-state index contributed by atoms with van der Waals surface area (Å²) in [4.78, 5) is 12.0. The van der Waals surface area contributed by atoms with Crippen LogP contribution in [0.2, 0.25) is 0 Å². The molecule has 0 fully saturated rings. The van der Waals surface area contributed by atoms with Gasteiger partial charge in [0.25, 0.3) is 0 Å². The summed E-state index contributed by atoms with van der Waals surface area (Å²) in [7, 11) is 0. The van der Waals surface area contributed by atoms with Crippen LogP contribution < -0.4 is 16.4 Å². The third-order valence-corrected chi connectivity index (χ3v) is 2.55. The van der Waals surface area contributed by atoms with Crippen LogP contribution in [0.15, 0.2) is 24.3 Å². The lowest BCUT2D eigenvalue weighted by Gasteiger charge is -2.07. The fourth-order valence-electron chi connectivity index (χ4n) is 1.46. The summed E-state index contributed by atoms with van der Waals surface area (Å²) in [5, 5.41) is 5.56. The second-order valence-corrected chi connectivity index (χ2v) is 4.60. The summed E-state index contributed by atoms with van der Waals surface area (Å²) < 4.78 is 0. The van der Waals surface area contributed by atoms with E-state index >= 15 is 0 Å². The minimum atomic E-state index is -0.175. The number of amides is 2. The number of benzene rings is 1. The van der Waals surface area contributed by atoms with Crippen molar-refractivity contribution in [2.75, 3.05) is 11.9 Å². The van der Waals surface area contributed by atoms with Crippen LogP contribution in [-0.4, -0.2) is 17.6 Å². The molecule has 5 heteroatoms. The molecule has 0 aliphatic carbocycles. The van der Waals surface area contributed by atoms with Gasteiger partial charge in [0.1, 0.15) is 0 Å². The largest absolute Gasteiger partial charge is 0.393 e. The summed E-state index contributed by atoms with van der Waals surface area (Å²) in [6.45, 7) is 2.78. The molecule has 0 unspecified atom stereocenters. The van der Waals surface area contributed by atoms with E-state index in [0.717, 1.165) is 24.1 Å². The van der Waals surface area contributed by atoms with Gasteiger partial charge in [-0.1, -0.05) is 37.7 Å². The van der Waals surface area contributed by atoms with Crippen molar-refractivity contribution in [3.8, 4) is 0 Å². The van der Waals surface area contributed by atoms with Gasteiger partial charge in [0.15, 0.2) is 0 Å². The summed E-state index contributed by atoms with van der Waals surface area (Å²) in [6.07, 6.45) is 2.63. The second kappa shape index (κ2) is 7.66. The maximum Gasteiger partial charge on any atom is 0.319 e. The number of thiocarbonyl (C=S) groups is 1. The number of hydrogen-bond donors (Lipinski definition) is 3. The van der Waals surface area contributed by atoms with E-state index in [0.29, 0.717) is 18.0 Å². The van der Waals surface area contributed by atoms with E-state index in [-0.39, 0.29) is 6.03 Å². The zero-order valence-corrected chi connectivity index (χ0v) is 11.3. The molecular formula is C13H19N3OS. The van der Waals surface area contributed by atoms with Gasteiger partial charge < -0.3 is 16.4 Å². The Balaban J connectivity index is 2.43. The van der Waals surface area contributed by atoms with Crippen molar-refractivity contribution in [2.24, 2.45) is 5.73 Å². The lowest BCUT2D eigenvalue weighted by Crippen LogP contribution is -2.29. The average molecular weight is 265 g/mol. The lowest BCUT2D eigenvalue weighted by atomic mass is 10.1. The molecule has 0 radical (unpaired) electrons. The van der Waals surface area contributed by atoms with E-state index in [2.05, 4.69) is 17.6 Å². The first kappa shape index (κ1) is 14.4. The van der Waals surface area contributed by atoms with Gasteiger partial charge in [-0.2, -0.15) is 0 Å². The zero-order chi connectivity index (χ0) is 13.4. The molecule has 98 valence electrons. The molecule has 18 heavy (non-hydrogen) atoms. The SMILES string of the molecule is CCCCNC(=O)Nc1ccc(CC(N)=S)cc1. The van der Waals surface area contributed by atoms with E-state index in [1.807, 2.05) is 24.3 Å². The van der Waals surface area contributed by atoms with Gasteiger partial charge in [0.2, 0.25) is 0 Å². The molecule has 4 nitrogen and oxygen atoms in total. The molecule has 0 aliphatic rings. The Labute approximate surface area is 113 Å². The smallest absolute Gasteiger partial charge is 0.319 e. The first-order chi connectivity index (χ1) is 8.61. The molecule has 1 aromatic rings. The number of urea groups is 1. The van der Waals surface area contributed by atoms with Crippen molar-refractivity contribution < 1.29 is 4.79 Å². The van der Waals surface area contributed by atoms with Gasteiger partial charge in [0, 0.05) is 18.7 Å². The Morgan fingerprint density at radius 1 is 1.33 bits per heavy atom. The summed E-state index contributed by atoms with van der Waals surface area (Å²) >= 11 is 4.84. The van der Waals surface area contributed by atoms with Crippen LogP contribution in [0.1, 0.15) is 25.3 Å². The molecule has 1 aromatic carbocycles. The van der Waals surface area contributed by atoms with Gasteiger partial charge in [-0.15, -0.1) is 0 Å². The van der Waals surface area contributed by atoms with Crippen LogP contribution in [0.4, 0.5) is 10.5 Å². The maximum atomic E-state index is 11.5. The minimum absolute atomic E-state index is 0.175. The van der Waals surface area contributed by atoms with Gasteiger partial charge in [-0.05, 0) is 24.1 Å². The molecule has 4 N–H and O–H groups in total. The predicted octanol–water partition coefficient (Wildman–Crippen LogP) is 2.44. The highest BCUT2D eigenvalue weighted by Crippen LogP contribution is 2.09. The standard InChI is InChI=1S/C13H19N3OS/c1-2-3-8-15-13(17)16-11-6-4-10(5-7-11)9-12(14)18/h4-7H,2-3,8-9H2,1H3,(H2,14,18)(H2,15,16,17). The highest BCUT2D eigenvalue weighted by atomic mass is 32.1. The number of carbonyl (C=O) groups excluding carboxylic acids is 1. The fraction of sp³-hybridized carbons (Fsp3) is 0.385. The van der Waals surface area contributed by atoms with Gasteiger partial charge >= 0.3 is 6.03 Å². The highest BCUT2D eigenvalue weighted by Gasteiger charge is 2.01. The Bertz CT molecular complexity index is 403. The van der Waals surface area contributed by atoms with Crippen LogP contribution >= 0.6 is 12.2 Å². The molecule has 0 saturated carbocycles. The molecule has 0 saturated heterocycles. The van der Waals surface area contributed by atoms with E-state index in [9.17, 15) is 4.79 Å². The number of carbonyl (C=O) groups is 1. The van der Waals surface area contributed by atoms with Crippen molar-refractivity contribution in [1.82, 2.24) is 5.32 Å². The van der Waals surface area contributed by atoms with Crippen molar-refractivity contribution >= 4 is 28.9 Å². The Hall–Kier alpha value is -1.62. The number of unbranched alkanes of at least 4 members (excludes halogenated alkanes) is 1. The molecule has 2 amide bonds. The molecule has 0 spiro atoms. The molecule has 0 atom stereocenters. The Kier molecular flexibility index (Phi) is 6.14. The predicted molar refractivity (Wildman–Crippen MR) is 78.9 cm³/mol. The third kappa shape index (κ3) is 5.63. The molecule has 0 heterocycles. The summed E-state index contributed by atoms with van der Waals surface area (Å²) in [5.74, 6) is 0. The Morgan fingerprint density at radius 2 is 2.00 bits per heavy atom. The molecule has 0 aliphatic heterocycles. The van der Waals surface area contributed by atoms with Crippen molar-refractivity contribution in [2.45, 2.75) is 26.2 Å². The number of rotatable bonds is 6. The number of hydrogen-bond acceptors (Lipinski definition) is 2. The number of nitrogens with two attached hydrogens (primary N) is 1. The van der Waals surface area contributed by atoms with E-state index < -0.39 is 0 Å². The topological polar surface area (TPSA) is 67.2 Å². The summed E-state index contributed by atoms with van der Waals surface area (Å²) in [6, 6.07) is 7.31. The van der Waals surface area contributed by atoms with Crippen LogP contribution in [0.5, 0.6) is 0 Å². The normalized spacial score (nSPS) is 9.83. The lowest BCUT2D eigenvalue weighted by molar-refractivity contribution is 0.252. The first-order valence-electron chi connectivity index (χ1n) is 6.04. The third-order valence-electron chi connectivity index (χ3n) is 2.41. The van der Waals surface area contributed by atoms with Gasteiger partial charge in [-0.25, -0.2) is 4.79 Å². The molecule has 1 rings (SSSR count). The molecule has 0 bridgehead atoms. The number of nitrogens with one attached hydrogen (secondary N) is 2. The Morgan fingerprint density at radius 3 is 2.56 bits per heavy atom. The van der Waals surface area contributed by atoms with Crippen LogP contribution in [0.25, 0.3) is 0 Å². The molecular weight excluding hydrogens is 246 g/mol. The number of anilines is 1. The average Bonchev–Trinajstić information content (AvgIpc) is 2.31. The first-order valence-corrected chi connectivity index (χ1v) is 6.44. The van der Waals surface area contributed by atoms with Crippen LogP contribution in [-0.2, 0) is 6.42 Å².